The summed E-state index contributed by atoms with van der Waals surface area (Å²) in [6.45, 7) is 8.35. The fourth-order valence-electron chi connectivity index (χ4n) is 1.87. The summed E-state index contributed by atoms with van der Waals surface area (Å²) in [5.74, 6) is 0.971. The molecule has 92 valence electrons. The highest BCUT2D eigenvalue weighted by Gasteiger charge is 2.30. The van der Waals surface area contributed by atoms with Gasteiger partial charge in [0, 0.05) is 24.9 Å². The molecule has 16 heavy (non-hydrogen) atoms. The number of hydrogen-bond donors (Lipinski definition) is 2. The van der Waals surface area contributed by atoms with Gasteiger partial charge in [0.1, 0.15) is 5.82 Å². The average molecular weight is 225 g/mol. The number of imidazole rings is 1. The highest BCUT2D eigenvalue weighted by molar-refractivity contribution is 4.99. The monoisotopic (exact) mass is 225 g/mol. The summed E-state index contributed by atoms with van der Waals surface area (Å²) >= 11 is 0. The normalized spacial score (nSPS) is 16.1. The number of aryl methyl sites for hydroxylation is 1. The van der Waals surface area contributed by atoms with E-state index in [-0.39, 0.29) is 24.1 Å². The number of aliphatic hydroxyl groups excluding tert-OH is 1. The summed E-state index contributed by atoms with van der Waals surface area (Å²) in [5, 5.41) is 9.52. The van der Waals surface area contributed by atoms with Crippen molar-refractivity contribution in [3.63, 3.8) is 0 Å². The first kappa shape index (κ1) is 13.2. The van der Waals surface area contributed by atoms with Crippen molar-refractivity contribution in [2.75, 3.05) is 6.61 Å². The molecule has 1 aromatic heterocycles. The molecule has 4 nitrogen and oxygen atoms in total. The third-order valence-electron chi connectivity index (χ3n) is 3.02. The lowest BCUT2D eigenvalue weighted by atomic mass is 9.83. The van der Waals surface area contributed by atoms with Gasteiger partial charge in [-0.15, -0.1) is 0 Å². The number of aromatic nitrogens is 2. The van der Waals surface area contributed by atoms with E-state index < -0.39 is 0 Å². The van der Waals surface area contributed by atoms with Crippen molar-refractivity contribution >= 4 is 0 Å². The molecule has 1 aromatic rings. The summed E-state index contributed by atoms with van der Waals surface area (Å²) in [6.07, 6.45) is 4.50. The molecule has 0 saturated carbocycles. The van der Waals surface area contributed by atoms with Crippen LogP contribution in [-0.4, -0.2) is 27.3 Å². The molecule has 1 rings (SSSR count). The van der Waals surface area contributed by atoms with Gasteiger partial charge in [-0.05, 0) is 5.41 Å². The molecular formula is C12H23N3O. The molecule has 0 fully saturated rings. The zero-order chi connectivity index (χ0) is 12.3. The zero-order valence-electron chi connectivity index (χ0n) is 10.6. The molecule has 2 unspecified atom stereocenters. The quantitative estimate of drug-likeness (QED) is 0.813. The van der Waals surface area contributed by atoms with Gasteiger partial charge < -0.3 is 15.4 Å². The Balaban J connectivity index is 2.99. The Kier molecular flexibility index (Phi) is 4.10. The molecular weight excluding hydrogens is 202 g/mol. The van der Waals surface area contributed by atoms with Crippen LogP contribution >= 0.6 is 0 Å². The van der Waals surface area contributed by atoms with Crippen LogP contribution in [0.4, 0.5) is 0 Å². The van der Waals surface area contributed by atoms with E-state index in [2.05, 4.69) is 32.7 Å². The summed E-state index contributed by atoms with van der Waals surface area (Å²) in [4.78, 5) is 4.26. The van der Waals surface area contributed by atoms with E-state index in [0.29, 0.717) is 0 Å². The van der Waals surface area contributed by atoms with Crippen molar-refractivity contribution < 1.29 is 5.11 Å². The minimum Gasteiger partial charge on any atom is -0.394 e. The lowest BCUT2D eigenvalue weighted by molar-refractivity contribution is 0.152. The molecule has 2 atom stereocenters. The maximum absolute atomic E-state index is 9.52. The van der Waals surface area contributed by atoms with E-state index in [0.717, 1.165) is 12.2 Å². The Hall–Kier alpha value is -0.870. The molecule has 0 spiro atoms. The van der Waals surface area contributed by atoms with Crippen LogP contribution in [0.1, 0.15) is 39.6 Å². The van der Waals surface area contributed by atoms with Crippen LogP contribution in [0.15, 0.2) is 12.4 Å². The summed E-state index contributed by atoms with van der Waals surface area (Å²) in [7, 11) is 0. The number of nitrogens with zero attached hydrogens (tertiary/aromatic N) is 2. The zero-order valence-corrected chi connectivity index (χ0v) is 10.6. The second kappa shape index (κ2) is 4.97. The Bertz CT molecular complexity index is 327. The second-order valence-electron chi connectivity index (χ2n) is 5.25. The van der Waals surface area contributed by atoms with Gasteiger partial charge in [-0.1, -0.05) is 27.7 Å². The van der Waals surface area contributed by atoms with Crippen LogP contribution in [-0.2, 0) is 6.42 Å². The topological polar surface area (TPSA) is 64.1 Å². The van der Waals surface area contributed by atoms with Crippen LogP contribution in [0.3, 0.4) is 0 Å². The number of nitrogens with two attached hydrogens (primary N) is 1. The lowest BCUT2D eigenvalue weighted by Gasteiger charge is -2.34. The number of aliphatic hydroxyl groups is 1. The van der Waals surface area contributed by atoms with Crippen LogP contribution in [0, 0.1) is 5.41 Å². The maximum Gasteiger partial charge on any atom is 0.108 e. The largest absolute Gasteiger partial charge is 0.394 e. The second-order valence-corrected chi connectivity index (χ2v) is 5.25. The van der Waals surface area contributed by atoms with Crippen molar-refractivity contribution in [3.8, 4) is 0 Å². The van der Waals surface area contributed by atoms with Crippen molar-refractivity contribution in [2.24, 2.45) is 11.1 Å². The first-order chi connectivity index (χ1) is 7.41. The Labute approximate surface area is 97.5 Å². The molecule has 0 aromatic carbocycles. The summed E-state index contributed by atoms with van der Waals surface area (Å²) in [6, 6.07) is -0.200. The molecule has 3 N–H and O–H groups in total. The fourth-order valence-corrected chi connectivity index (χ4v) is 1.87. The SMILES string of the molecule is CCc1nccn1C(CO)C(N)C(C)(C)C. The van der Waals surface area contributed by atoms with E-state index >= 15 is 0 Å². The minimum absolute atomic E-state index is 0.0390. The van der Waals surface area contributed by atoms with Gasteiger partial charge >= 0.3 is 0 Å². The summed E-state index contributed by atoms with van der Waals surface area (Å²) in [5.41, 5.74) is 6.17. The van der Waals surface area contributed by atoms with Crippen molar-refractivity contribution in [1.29, 1.82) is 0 Å². The minimum atomic E-state index is -0.100. The smallest absolute Gasteiger partial charge is 0.108 e. The van der Waals surface area contributed by atoms with Crippen molar-refractivity contribution in [1.82, 2.24) is 9.55 Å². The molecule has 0 aliphatic carbocycles. The van der Waals surface area contributed by atoms with Crippen LogP contribution in [0.25, 0.3) is 0 Å². The molecule has 0 aliphatic rings. The maximum atomic E-state index is 9.52. The molecule has 0 radical (unpaired) electrons. The van der Waals surface area contributed by atoms with Crippen LogP contribution < -0.4 is 5.73 Å². The van der Waals surface area contributed by atoms with E-state index in [4.69, 9.17) is 5.73 Å². The third kappa shape index (κ3) is 2.62. The lowest BCUT2D eigenvalue weighted by Crippen LogP contribution is -2.44. The van der Waals surface area contributed by atoms with Crippen molar-refractivity contribution in [3.05, 3.63) is 18.2 Å². The van der Waals surface area contributed by atoms with Crippen LogP contribution in [0.5, 0.6) is 0 Å². The average Bonchev–Trinajstić information content (AvgIpc) is 2.65. The highest BCUT2D eigenvalue weighted by Crippen LogP contribution is 2.27. The molecule has 4 heteroatoms. The predicted octanol–water partition coefficient (Wildman–Crippen LogP) is 1.35. The first-order valence-corrected chi connectivity index (χ1v) is 5.80. The van der Waals surface area contributed by atoms with Gasteiger partial charge in [0.2, 0.25) is 0 Å². The first-order valence-electron chi connectivity index (χ1n) is 5.80. The highest BCUT2D eigenvalue weighted by atomic mass is 16.3. The fraction of sp³-hybridized carbons (Fsp3) is 0.750. The third-order valence-corrected chi connectivity index (χ3v) is 3.02. The molecule has 1 heterocycles. The standard InChI is InChI=1S/C12H23N3O/c1-5-10-14-6-7-15(10)9(8-16)11(13)12(2,3)4/h6-7,9,11,16H,5,8,13H2,1-4H3. The molecule has 0 aliphatic heterocycles. The Morgan fingerprint density at radius 2 is 2.12 bits per heavy atom. The predicted molar refractivity (Wildman–Crippen MR) is 65.2 cm³/mol. The van der Waals surface area contributed by atoms with E-state index in [1.807, 2.05) is 10.8 Å². The number of rotatable bonds is 4. The van der Waals surface area contributed by atoms with Crippen molar-refractivity contribution in [2.45, 2.75) is 46.2 Å². The van der Waals surface area contributed by atoms with Gasteiger partial charge in [-0.2, -0.15) is 0 Å². The van der Waals surface area contributed by atoms with Gasteiger partial charge in [0.15, 0.2) is 0 Å². The van der Waals surface area contributed by atoms with E-state index in [1.165, 1.54) is 0 Å². The van der Waals surface area contributed by atoms with Gasteiger partial charge in [0.05, 0.1) is 12.6 Å². The molecule has 0 saturated heterocycles. The number of hydrogen-bond acceptors (Lipinski definition) is 3. The van der Waals surface area contributed by atoms with Crippen LogP contribution in [0.2, 0.25) is 0 Å². The molecule has 0 amide bonds. The van der Waals surface area contributed by atoms with Gasteiger partial charge in [-0.25, -0.2) is 4.98 Å². The van der Waals surface area contributed by atoms with Gasteiger partial charge in [-0.3, -0.25) is 0 Å². The Morgan fingerprint density at radius 3 is 2.56 bits per heavy atom. The van der Waals surface area contributed by atoms with Gasteiger partial charge in [0.25, 0.3) is 0 Å². The van der Waals surface area contributed by atoms with E-state index in [9.17, 15) is 5.11 Å². The molecule has 0 bridgehead atoms. The van der Waals surface area contributed by atoms with E-state index in [1.54, 1.807) is 6.20 Å². The summed E-state index contributed by atoms with van der Waals surface area (Å²) < 4.78 is 2.00. The Morgan fingerprint density at radius 1 is 1.50 bits per heavy atom.